The molecule has 24 heavy (non-hydrogen) atoms. The van der Waals surface area contributed by atoms with E-state index >= 15 is 0 Å². The molecule has 1 rings (SSSR count). The predicted octanol–water partition coefficient (Wildman–Crippen LogP) is 2.78. The van der Waals surface area contributed by atoms with Crippen LogP contribution < -0.4 is 5.43 Å². The number of ether oxygens (including phenoxy) is 3. The minimum absolute atomic E-state index is 0.275. The molecule has 2 amide bonds. The van der Waals surface area contributed by atoms with Crippen molar-refractivity contribution in [2.75, 3.05) is 4.43 Å². The molecule has 1 N–H and O–H groups in total. The van der Waals surface area contributed by atoms with Crippen LogP contribution in [0.25, 0.3) is 0 Å². The molecule has 1 heterocycles. The van der Waals surface area contributed by atoms with E-state index in [0.29, 0.717) is 4.43 Å². The van der Waals surface area contributed by atoms with Crippen molar-refractivity contribution >= 4 is 40.7 Å². The van der Waals surface area contributed by atoms with Crippen molar-refractivity contribution in [3.05, 3.63) is 0 Å². The fourth-order valence-corrected chi connectivity index (χ4v) is 2.44. The fourth-order valence-electron chi connectivity index (χ4n) is 1.90. The highest BCUT2D eigenvalue weighted by Gasteiger charge is 2.43. The number of halogens is 1. The van der Waals surface area contributed by atoms with E-state index in [2.05, 4.69) is 28.0 Å². The zero-order chi connectivity index (χ0) is 18.7. The Morgan fingerprint density at radius 1 is 1.21 bits per heavy atom. The fraction of sp³-hybridized carbons (Fsp3) is 0.800. The van der Waals surface area contributed by atoms with Gasteiger partial charge in [0, 0.05) is 10.8 Å². The first-order valence-electron chi connectivity index (χ1n) is 7.60. The molecular weight excluding hydrogens is 431 g/mol. The number of carbonyl (C=O) groups excluding carboxylic acids is 3. The van der Waals surface area contributed by atoms with Crippen molar-refractivity contribution in [1.82, 2.24) is 10.4 Å². The summed E-state index contributed by atoms with van der Waals surface area (Å²) in [4.78, 5) is 36.5. The number of amides is 2. The van der Waals surface area contributed by atoms with E-state index in [1.807, 2.05) is 0 Å². The Balaban J connectivity index is 2.93. The predicted molar refractivity (Wildman–Crippen MR) is 94.6 cm³/mol. The Labute approximate surface area is 155 Å². The number of alkyl halides is 1. The number of esters is 1. The summed E-state index contributed by atoms with van der Waals surface area (Å²) in [6.45, 7) is 10.2. The molecule has 8 nitrogen and oxygen atoms in total. The second kappa shape index (κ2) is 7.75. The first-order chi connectivity index (χ1) is 10.8. The highest BCUT2D eigenvalue weighted by molar-refractivity contribution is 14.1. The molecule has 0 aromatic heterocycles. The zero-order valence-corrected chi connectivity index (χ0v) is 17.0. The summed E-state index contributed by atoms with van der Waals surface area (Å²) in [5, 5.41) is 0.855. The molecule has 138 valence electrons. The van der Waals surface area contributed by atoms with Gasteiger partial charge in [0.05, 0.1) is 0 Å². The number of hydrazine groups is 1. The van der Waals surface area contributed by atoms with Crippen molar-refractivity contribution in [1.29, 1.82) is 0 Å². The van der Waals surface area contributed by atoms with Gasteiger partial charge in [0.15, 0.2) is 6.04 Å². The van der Waals surface area contributed by atoms with Gasteiger partial charge in [-0.05, 0) is 41.5 Å². The lowest BCUT2D eigenvalue weighted by atomic mass is 10.2. The van der Waals surface area contributed by atoms with Crippen molar-refractivity contribution in [3.8, 4) is 0 Å². The quantitative estimate of drug-likeness (QED) is 0.226. The molecule has 9 heteroatoms. The number of nitrogens with zero attached hydrogens (tertiary/aromatic N) is 1. The van der Waals surface area contributed by atoms with E-state index < -0.39 is 35.4 Å². The molecule has 0 spiro atoms. The topological polar surface area (TPSA) is 94.2 Å². The van der Waals surface area contributed by atoms with Crippen LogP contribution in [-0.2, 0) is 19.0 Å². The Morgan fingerprint density at radius 2 is 1.75 bits per heavy atom. The normalized spacial score (nSPS) is 21.0. The van der Waals surface area contributed by atoms with Gasteiger partial charge in [0.25, 0.3) is 0 Å². The van der Waals surface area contributed by atoms with Crippen LogP contribution in [0, 0.1) is 0 Å². The van der Waals surface area contributed by atoms with Gasteiger partial charge in [-0.15, -0.1) is 0 Å². The second-order valence-corrected chi connectivity index (χ2v) is 8.31. The van der Waals surface area contributed by atoms with Gasteiger partial charge in [-0.3, -0.25) is 0 Å². The standard InChI is InChI=1S/C15H25IN2O6/c1-14(2,3)23-12(20)17-18(13(21)24-15(4,5)6)10-7-9(8-16)22-11(10)19/h9-10H,7-8H2,1-6H3,(H,17,20)/t9-,10-/m1/s1. The molecule has 2 atom stereocenters. The Morgan fingerprint density at radius 3 is 2.17 bits per heavy atom. The van der Waals surface area contributed by atoms with Gasteiger partial charge in [0.2, 0.25) is 0 Å². The summed E-state index contributed by atoms with van der Waals surface area (Å²) in [5.41, 5.74) is 0.780. The van der Waals surface area contributed by atoms with Crippen molar-refractivity contribution in [2.45, 2.75) is 71.3 Å². The van der Waals surface area contributed by atoms with Gasteiger partial charge in [0.1, 0.15) is 17.3 Å². The molecule has 0 bridgehead atoms. The van der Waals surface area contributed by atoms with Crippen LogP contribution in [0.2, 0.25) is 0 Å². The van der Waals surface area contributed by atoms with Gasteiger partial charge in [-0.1, -0.05) is 22.6 Å². The van der Waals surface area contributed by atoms with Gasteiger partial charge < -0.3 is 14.2 Å². The Bertz CT molecular complexity index is 497. The molecule has 1 saturated heterocycles. The Hall–Kier alpha value is -1.26. The smallest absolute Gasteiger partial charge is 0.430 e. The van der Waals surface area contributed by atoms with E-state index in [9.17, 15) is 14.4 Å². The van der Waals surface area contributed by atoms with Crippen LogP contribution in [0.1, 0.15) is 48.0 Å². The Kier molecular flexibility index (Phi) is 6.71. The number of carbonyl (C=O) groups is 3. The minimum atomic E-state index is -0.952. The average Bonchev–Trinajstić information content (AvgIpc) is 2.73. The maximum atomic E-state index is 12.4. The summed E-state index contributed by atoms with van der Waals surface area (Å²) in [6, 6.07) is -0.952. The third-order valence-electron chi connectivity index (χ3n) is 2.73. The van der Waals surface area contributed by atoms with Gasteiger partial charge >= 0.3 is 18.2 Å². The van der Waals surface area contributed by atoms with Crippen LogP contribution in [0.5, 0.6) is 0 Å². The number of cyclic esters (lactones) is 1. The summed E-state index contributed by atoms with van der Waals surface area (Å²) < 4.78 is 16.2. The number of hydrogen-bond donors (Lipinski definition) is 1. The van der Waals surface area contributed by atoms with Crippen LogP contribution in [-0.4, -0.2) is 50.9 Å². The molecule has 1 aliphatic heterocycles. The number of rotatable bonds is 2. The lowest BCUT2D eigenvalue weighted by Crippen LogP contribution is -2.55. The van der Waals surface area contributed by atoms with E-state index in [1.165, 1.54) is 0 Å². The molecule has 1 aliphatic rings. The summed E-state index contributed by atoms with van der Waals surface area (Å²) in [6.07, 6.45) is -1.73. The van der Waals surface area contributed by atoms with E-state index in [1.54, 1.807) is 41.5 Å². The van der Waals surface area contributed by atoms with Crippen molar-refractivity contribution in [3.63, 3.8) is 0 Å². The molecule has 0 unspecified atom stereocenters. The maximum absolute atomic E-state index is 12.4. The van der Waals surface area contributed by atoms with E-state index in [0.717, 1.165) is 5.01 Å². The summed E-state index contributed by atoms with van der Waals surface area (Å²) >= 11 is 2.09. The third kappa shape index (κ3) is 6.70. The highest BCUT2D eigenvalue weighted by atomic mass is 127. The first-order valence-corrected chi connectivity index (χ1v) is 9.13. The van der Waals surface area contributed by atoms with E-state index in [4.69, 9.17) is 14.2 Å². The molecule has 0 radical (unpaired) electrons. The van der Waals surface area contributed by atoms with Crippen molar-refractivity contribution in [2.24, 2.45) is 0 Å². The minimum Gasteiger partial charge on any atom is -0.460 e. The number of hydrogen-bond acceptors (Lipinski definition) is 6. The van der Waals surface area contributed by atoms with Gasteiger partial charge in [-0.25, -0.2) is 24.8 Å². The van der Waals surface area contributed by atoms with Crippen molar-refractivity contribution < 1.29 is 28.6 Å². The largest absolute Gasteiger partial charge is 0.460 e. The third-order valence-corrected chi connectivity index (χ3v) is 3.71. The zero-order valence-electron chi connectivity index (χ0n) is 14.8. The monoisotopic (exact) mass is 456 g/mol. The molecule has 1 fully saturated rings. The summed E-state index contributed by atoms with van der Waals surface area (Å²) in [7, 11) is 0. The first kappa shape index (κ1) is 20.8. The highest BCUT2D eigenvalue weighted by Crippen LogP contribution is 2.23. The average molecular weight is 456 g/mol. The maximum Gasteiger partial charge on any atom is 0.430 e. The molecule has 0 saturated carbocycles. The molecular formula is C15H25IN2O6. The van der Waals surface area contributed by atoms with Crippen LogP contribution in [0.15, 0.2) is 0 Å². The van der Waals surface area contributed by atoms with Gasteiger partial charge in [-0.2, -0.15) is 0 Å². The molecule has 0 aliphatic carbocycles. The lowest BCUT2D eigenvalue weighted by molar-refractivity contribution is -0.145. The SMILES string of the molecule is CC(C)(C)OC(=O)NN(C(=O)OC(C)(C)C)[C@@H]1C[C@H](CI)OC1=O. The molecule has 0 aromatic rings. The van der Waals surface area contributed by atoms with Crippen LogP contribution in [0.4, 0.5) is 9.59 Å². The number of nitrogens with one attached hydrogen (secondary N) is 1. The summed E-state index contributed by atoms with van der Waals surface area (Å²) in [5.74, 6) is -0.585. The van der Waals surface area contributed by atoms with Crippen LogP contribution in [0.3, 0.4) is 0 Å². The van der Waals surface area contributed by atoms with E-state index in [-0.39, 0.29) is 12.5 Å². The lowest BCUT2D eigenvalue weighted by Gasteiger charge is -2.30. The second-order valence-electron chi connectivity index (χ2n) is 7.43. The van der Waals surface area contributed by atoms with Crippen LogP contribution >= 0.6 is 22.6 Å². The molecule has 0 aromatic carbocycles.